The molecule has 0 radical (unpaired) electrons. The number of carbonyl (C=O) groups is 5. The van der Waals surface area contributed by atoms with E-state index in [9.17, 15) is 24.0 Å². The van der Waals surface area contributed by atoms with Gasteiger partial charge in [-0.2, -0.15) is 0 Å². The first-order valence-electron chi connectivity index (χ1n) is 15.8. The minimum absolute atomic E-state index is 0.00918. The number of para-hydroxylation sites is 1. The first-order chi connectivity index (χ1) is 24.2. The summed E-state index contributed by atoms with van der Waals surface area (Å²) in [5.74, 6) is -1.36. The number of hydrogen-bond acceptors (Lipinski definition) is 9. The van der Waals surface area contributed by atoms with E-state index in [2.05, 4.69) is 16.0 Å². The highest BCUT2D eigenvalue weighted by Gasteiger charge is 2.30. The van der Waals surface area contributed by atoms with Gasteiger partial charge < -0.3 is 30.3 Å². The molecular formula is C37H36N4O7S2. The lowest BCUT2D eigenvalue weighted by atomic mass is 10.0. The average molecular weight is 713 g/mol. The first-order valence-corrected chi connectivity index (χ1v) is 17.6. The fraction of sp³-hybridized carbons (Fsp3) is 0.216. The van der Waals surface area contributed by atoms with Gasteiger partial charge in [-0.15, -0.1) is 23.1 Å². The van der Waals surface area contributed by atoms with Crippen LogP contribution in [0.25, 0.3) is 6.08 Å². The van der Waals surface area contributed by atoms with E-state index >= 15 is 0 Å². The Hall–Kier alpha value is -5.40. The van der Waals surface area contributed by atoms with Gasteiger partial charge in [0.05, 0.1) is 31.6 Å². The number of rotatable bonds is 12. The van der Waals surface area contributed by atoms with Crippen LogP contribution in [-0.4, -0.2) is 60.5 Å². The van der Waals surface area contributed by atoms with Crippen molar-refractivity contribution in [1.82, 2.24) is 10.2 Å². The number of carbonyl (C=O) groups excluding carboxylic acids is 5. The Labute approximate surface area is 298 Å². The largest absolute Gasteiger partial charge is 0.493 e. The van der Waals surface area contributed by atoms with E-state index in [1.54, 1.807) is 77.7 Å². The molecule has 0 unspecified atom stereocenters. The van der Waals surface area contributed by atoms with Crippen LogP contribution >= 0.6 is 23.1 Å². The zero-order valence-electron chi connectivity index (χ0n) is 27.7. The van der Waals surface area contributed by atoms with Crippen molar-refractivity contribution in [3.8, 4) is 5.75 Å². The molecule has 3 N–H and O–H groups in total. The summed E-state index contributed by atoms with van der Waals surface area (Å²) in [6.07, 6.45) is 2.05. The number of amides is 4. The van der Waals surface area contributed by atoms with Crippen molar-refractivity contribution in [1.29, 1.82) is 0 Å². The summed E-state index contributed by atoms with van der Waals surface area (Å²) in [7, 11) is 1.29. The molecule has 4 amide bonds. The number of esters is 1. The van der Waals surface area contributed by atoms with Gasteiger partial charge in [0, 0.05) is 40.1 Å². The maximum Gasteiger partial charge on any atom is 0.341 e. The molecule has 1 aliphatic heterocycles. The number of thioether (sulfide) groups is 1. The summed E-state index contributed by atoms with van der Waals surface area (Å²) in [6.45, 7) is 4.64. The van der Waals surface area contributed by atoms with Crippen LogP contribution in [0.3, 0.4) is 0 Å². The third-order valence-electron chi connectivity index (χ3n) is 7.65. The predicted octanol–water partition coefficient (Wildman–Crippen LogP) is 5.98. The van der Waals surface area contributed by atoms with E-state index < -0.39 is 17.8 Å². The van der Waals surface area contributed by atoms with Crippen LogP contribution in [0.2, 0.25) is 0 Å². The number of nitrogens with zero attached hydrogens (tertiary/aromatic N) is 1. The first kappa shape index (κ1) is 35.9. The van der Waals surface area contributed by atoms with Crippen LogP contribution in [-0.2, 0) is 32.1 Å². The molecule has 0 spiro atoms. The highest BCUT2D eigenvalue weighted by atomic mass is 32.2. The fourth-order valence-corrected chi connectivity index (χ4v) is 7.26. The molecule has 0 bridgehead atoms. The number of benzene rings is 3. The van der Waals surface area contributed by atoms with Gasteiger partial charge in [-0.1, -0.05) is 42.5 Å². The second kappa shape index (κ2) is 16.8. The van der Waals surface area contributed by atoms with Crippen molar-refractivity contribution in [3.63, 3.8) is 0 Å². The molecule has 50 heavy (non-hydrogen) atoms. The number of ether oxygens (including phenoxy) is 2. The van der Waals surface area contributed by atoms with Crippen LogP contribution < -0.4 is 20.7 Å². The summed E-state index contributed by atoms with van der Waals surface area (Å²) in [6, 6.07) is 22.8. The third kappa shape index (κ3) is 8.98. The normalized spacial score (nSPS) is 12.4. The molecule has 11 nitrogen and oxygen atoms in total. The SMILES string of the molecule is CCOc1ccccc1/C=C(/NC(=O)c1ccccc1)C(=O)Nc1cccc(SCC(=O)Nc2sc3c(c2C(=O)OC)CCN(C(C)=O)C3)c1. The Morgan fingerprint density at radius 1 is 0.960 bits per heavy atom. The number of hydrogen-bond donors (Lipinski definition) is 3. The van der Waals surface area contributed by atoms with Crippen LogP contribution in [0.5, 0.6) is 5.75 Å². The lowest BCUT2D eigenvalue weighted by Crippen LogP contribution is -2.33. The second-order valence-electron chi connectivity index (χ2n) is 11.1. The van der Waals surface area contributed by atoms with Crippen molar-refractivity contribution in [2.75, 3.05) is 36.6 Å². The van der Waals surface area contributed by atoms with Crippen LogP contribution in [0.4, 0.5) is 10.7 Å². The Kier molecular flexibility index (Phi) is 12.1. The number of nitrogens with one attached hydrogen (secondary N) is 3. The summed E-state index contributed by atoms with van der Waals surface area (Å²) in [5.41, 5.74) is 2.58. The molecule has 1 aliphatic rings. The summed E-state index contributed by atoms with van der Waals surface area (Å²) in [4.78, 5) is 67.6. The van der Waals surface area contributed by atoms with Crippen LogP contribution in [0.15, 0.2) is 89.5 Å². The van der Waals surface area contributed by atoms with Crippen molar-refractivity contribution in [3.05, 3.63) is 112 Å². The second-order valence-corrected chi connectivity index (χ2v) is 13.2. The van der Waals surface area contributed by atoms with Crippen molar-refractivity contribution in [2.45, 2.75) is 31.7 Å². The van der Waals surface area contributed by atoms with Gasteiger partial charge in [0.2, 0.25) is 11.8 Å². The molecule has 258 valence electrons. The monoisotopic (exact) mass is 712 g/mol. The zero-order chi connectivity index (χ0) is 35.6. The zero-order valence-corrected chi connectivity index (χ0v) is 29.4. The average Bonchev–Trinajstić information content (AvgIpc) is 3.48. The van der Waals surface area contributed by atoms with Gasteiger partial charge in [0.1, 0.15) is 16.4 Å². The molecular weight excluding hydrogens is 677 g/mol. The lowest BCUT2D eigenvalue weighted by molar-refractivity contribution is -0.129. The molecule has 13 heteroatoms. The van der Waals surface area contributed by atoms with E-state index in [-0.39, 0.29) is 23.3 Å². The molecule has 0 saturated carbocycles. The highest BCUT2D eigenvalue weighted by Crippen LogP contribution is 2.38. The quantitative estimate of drug-likeness (QED) is 0.0926. The van der Waals surface area contributed by atoms with E-state index in [0.717, 1.165) is 10.4 Å². The van der Waals surface area contributed by atoms with Gasteiger partial charge in [-0.3, -0.25) is 19.2 Å². The molecule has 0 atom stereocenters. The molecule has 0 aliphatic carbocycles. The van der Waals surface area contributed by atoms with E-state index in [4.69, 9.17) is 9.47 Å². The van der Waals surface area contributed by atoms with E-state index in [0.29, 0.717) is 64.1 Å². The molecule has 1 aromatic heterocycles. The van der Waals surface area contributed by atoms with Crippen molar-refractivity contribution >= 4 is 69.5 Å². The highest BCUT2D eigenvalue weighted by molar-refractivity contribution is 8.00. The van der Waals surface area contributed by atoms with Gasteiger partial charge >= 0.3 is 5.97 Å². The smallest absolute Gasteiger partial charge is 0.341 e. The Bertz CT molecular complexity index is 1940. The van der Waals surface area contributed by atoms with Gasteiger partial charge in [0.25, 0.3) is 11.8 Å². The number of methoxy groups -OCH3 is 1. The maximum atomic E-state index is 13.6. The number of fused-ring (bicyclic) bond motifs is 1. The lowest BCUT2D eigenvalue weighted by Gasteiger charge is -2.25. The summed E-state index contributed by atoms with van der Waals surface area (Å²) < 4.78 is 10.7. The Morgan fingerprint density at radius 3 is 2.46 bits per heavy atom. The topological polar surface area (TPSA) is 143 Å². The molecule has 3 aromatic carbocycles. The Balaban J connectivity index is 1.29. The fourth-order valence-electron chi connectivity index (χ4n) is 5.24. The van der Waals surface area contributed by atoms with Crippen molar-refractivity contribution in [2.24, 2.45) is 0 Å². The molecule has 2 heterocycles. The minimum Gasteiger partial charge on any atom is -0.493 e. The van der Waals surface area contributed by atoms with E-state index in [1.165, 1.54) is 37.1 Å². The standard InChI is InChI=1S/C37H36N4O7S2/c1-4-48-30-16-9-8-13-25(30)19-29(39-34(44)24-11-6-5-7-12-24)35(45)38-26-14-10-15-27(20-26)49-22-32(43)40-36-33(37(46)47-3)28-17-18-41(23(2)42)21-31(28)50-36/h5-16,19-20H,4,17-18,21-22H2,1-3H3,(H,38,45)(H,39,44)(H,40,43)/b29-19+. The molecule has 0 saturated heterocycles. The predicted molar refractivity (Wildman–Crippen MR) is 194 cm³/mol. The molecule has 4 aromatic rings. The van der Waals surface area contributed by atoms with Crippen LogP contribution in [0, 0.1) is 0 Å². The Morgan fingerprint density at radius 2 is 1.72 bits per heavy atom. The summed E-state index contributed by atoms with van der Waals surface area (Å²) >= 11 is 2.51. The minimum atomic E-state index is -0.555. The summed E-state index contributed by atoms with van der Waals surface area (Å²) in [5, 5.41) is 8.83. The maximum absolute atomic E-state index is 13.6. The van der Waals surface area contributed by atoms with Crippen LogP contribution in [0.1, 0.15) is 50.6 Å². The van der Waals surface area contributed by atoms with Crippen molar-refractivity contribution < 1.29 is 33.4 Å². The molecule has 0 fully saturated rings. The number of thiophene rings is 1. The van der Waals surface area contributed by atoms with E-state index in [1.807, 2.05) is 19.1 Å². The van der Waals surface area contributed by atoms with Gasteiger partial charge in [-0.05, 0) is 61.4 Å². The number of anilines is 2. The molecule has 5 rings (SSSR count). The third-order valence-corrected chi connectivity index (χ3v) is 9.78. The van der Waals surface area contributed by atoms with Gasteiger partial charge in [0.15, 0.2) is 0 Å². The van der Waals surface area contributed by atoms with Gasteiger partial charge in [-0.25, -0.2) is 4.79 Å².